The molecule has 2 aromatic rings. The number of rotatable bonds is 6. The average Bonchev–Trinajstić information content (AvgIpc) is 2.60. The van der Waals surface area contributed by atoms with E-state index in [1.54, 1.807) is 31.4 Å². The Morgan fingerprint density at radius 1 is 1.25 bits per heavy atom. The number of non-ortho nitro benzene ring substituents is 1. The van der Waals surface area contributed by atoms with Gasteiger partial charge in [0.1, 0.15) is 5.75 Å². The number of nitrogens with zero attached hydrogens (tertiary/aromatic N) is 2. The zero-order valence-corrected chi connectivity index (χ0v) is 12.8. The van der Waals surface area contributed by atoms with Gasteiger partial charge in [0.2, 0.25) is 0 Å². The third-order valence-electron chi connectivity index (χ3n) is 3.11. The molecule has 0 aliphatic heterocycles. The zero-order chi connectivity index (χ0) is 17.5. The molecule has 0 radical (unpaired) electrons. The van der Waals surface area contributed by atoms with E-state index in [4.69, 9.17) is 15.3 Å². The Kier molecular flexibility index (Phi) is 5.45. The van der Waals surface area contributed by atoms with Crippen LogP contribution in [0.2, 0.25) is 0 Å². The Bertz CT molecular complexity index is 772. The van der Waals surface area contributed by atoms with E-state index in [9.17, 15) is 14.9 Å². The van der Waals surface area contributed by atoms with Gasteiger partial charge in [0.25, 0.3) is 5.69 Å². The summed E-state index contributed by atoms with van der Waals surface area (Å²) in [6, 6.07) is 12.5. The Morgan fingerprint density at radius 3 is 2.58 bits per heavy atom. The number of hydrogen-bond acceptors (Lipinski definition) is 6. The minimum absolute atomic E-state index is 0.00963. The molecule has 0 saturated heterocycles. The van der Waals surface area contributed by atoms with E-state index in [1.807, 2.05) is 0 Å². The molecule has 2 N–H and O–H groups in total. The molecule has 8 nitrogen and oxygen atoms in total. The predicted molar refractivity (Wildman–Crippen MR) is 86.6 cm³/mol. The minimum atomic E-state index is -0.603. The molecular formula is C16H15N3O5. The molecule has 0 aliphatic carbocycles. The molecule has 0 heterocycles. The molecule has 2 rings (SSSR count). The van der Waals surface area contributed by atoms with E-state index < -0.39 is 10.9 Å². The monoisotopic (exact) mass is 329 g/mol. The van der Waals surface area contributed by atoms with Gasteiger partial charge in [-0.3, -0.25) is 10.1 Å². The zero-order valence-electron chi connectivity index (χ0n) is 12.8. The van der Waals surface area contributed by atoms with Gasteiger partial charge in [-0.2, -0.15) is 0 Å². The molecule has 0 spiro atoms. The van der Waals surface area contributed by atoms with E-state index in [1.165, 1.54) is 24.3 Å². The lowest BCUT2D eigenvalue weighted by Gasteiger charge is -2.03. The number of carbonyl (C=O) groups excluding carboxylic acids is 1. The summed E-state index contributed by atoms with van der Waals surface area (Å²) in [5.74, 6) is -0.0459. The molecule has 2 aromatic carbocycles. The number of nitro benzene ring substituents is 1. The summed E-state index contributed by atoms with van der Waals surface area (Å²) in [5, 5.41) is 14.2. The largest absolute Gasteiger partial charge is 0.497 e. The maximum atomic E-state index is 11.8. The van der Waals surface area contributed by atoms with E-state index in [-0.39, 0.29) is 17.9 Å². The third kappa shape index (κ3) is 4.54. The fourth-order valence-electron chi connectivity index (χ4n) is 1.87. The first-order valence-electron chi connectivity index (χ1n) is 6.90. The maximum absolute atomic E-state index is 11.8. The Labute approximate surface area is 137 Å². The van der Waals surface area contributed by atoms with Gasteiger partial charge in [-0.15, -0.1) is 0 Å². The molecule has 0 saturated carbocycles. The van der Waals surface area contributed by atoms with Crippen LogP contribution in [-0.4, -0.2) is 23.8 Å². The Morgan fingerprint density at radius 2 is 1.96 bits per heavy atom. The standard InChI is InChI=1S/C16H15N3O5/c1-23-14-7-5-11(6-8-14)9-15(20)24-18-16(17)12-3-2-4-13(10-12)19(21)22/h2-8,10H,9H2,1H3,(H2,17,18). The topological polar surface area (TPSA) is 117 Å². The van der Waals surface area contributed by atoms with E-state index in [2.05, 4.69) is 5.16 Å². The van der Waals surface area contributed by atoms with Gasteiger partial charge in [0, 0.05) is 17.7 Å². The van der Waals surface area contributed by atoms with Crippen molar-refractivity contribution in [1.29, 1.82) is 0 Å². The quantitative estimate of drug-likeness (QED) is 0.285. The number of hydrogen-bond donors (Lipinski definition) is 1. The second-order valence-electron chi connectivity index (χ2n) is 4.77. The van der Waals surface area contributed by atoms with Crippen molar-refractivity contribution in [2.45, 2.75) is 6.42 Å². The Hall–Kier alpha value is -3.42. The first-order chi connectivity index (χ1) is 11.5. The molecule has 0 amide bonds. The van der Waals surface area contributed by atoms with Crippen molar-refractivity contribution in [3.63, 3.8) is 0 Å². The summed E-state index contributed by atoms with van der Waals surface area (Å²) < 4.78 is 5.03. The van der Waals surface area contributed by atoms with Crippen LogP contribution in [0.4, 0.5) is 5.69 Å². The smallest absolute Gasteiger partial charge is 0.339 e. The molecule has 24 heavy (non-hydrogen) atoms. The molecule has 124 valence electrons. The van der Waals surface area contributed by atoms with Gasteiger partial charge in [-0.05, 0) is 17.7 Å². The van der Waals surface area contributed by atoms with Crippen LogP contribution in [0.15, 0.2) is 53.7 Å². The number of oxime groups is 1. The van der Waals surface area contributed by atoms with Crippen LogP contribution in [0.5, 0.6) is 5.75 Å². The summed E-state index contributed by atoms with van der Waals surface area (Å²) in [4.78, 5) is 26.7. The van der Waals surface area contributed by atoms with Crippen molar-refractivity contribution in [2.75, 3.05) is 7.11 Å². The van der Waals surface area contributed by atoms with E-state index in [0.29, 0.717) is 11.3 Å². The molecule has 0 atom stereocenters. The lowest BCUT2D eigenvalue weighted by atomic mass is 10.1. The van der Waals surface area contributed by atoms with Crippen LogP contribution >= 0.6 is 0 Å². The van der Waals surface area contributed by atoms with Gasteiger partial charge < -0.3 is 15.3 Å². The summed E-state index contributed by atoms with van der Waals surface area (Å²) in [6.07, 6.45) is 0.00963. The highest BCUT2D eigenvalue weighted by molar-refractivity contribution is 5.98. The first-order valence-corrected chi connectivity index (χ1v) is 6.90. The van der Waals surface area contributed by atoms with Crippen molar-refractivity contribution in [3.8, 4) is 5.75 Å². The summed E-state index contributed by atoms with van der Waals surface area (Å²) in [6.45, 7) is 0. The molecular weight excluding hydrogens is 314 g/mol. The number of methoxy groups -OCH3 is 1. The van der Waals surface area contributed by atoms with Gasteiger partial charge in [0.05, 0.1) is 18.5 Å². The number of nitrogens with two attached hydrogens (primary N) is 1. The molecule has 0 aliphatic rings. The third-order valence-corrected chi connectivity index (χ3v) is 3.11. The van der Waals surface area contributed by atoms with Crippen LogP contribution in [0.25, 0.3) is 0 Å². The molecule has 0 unspecified atom stereocenters. The SMILES string of the molecule is COc1ccc(CC(=O)O/N=C(\N)c2cccc([N+](=O)[O-])c2)cc1. The van der Waals surface area contributed by atoms with Crippen molar-refractivity contribution in [1.82, 2.24) is 0 Å². The van der Waals surface area contributed by atoms with Crippen molar-refractivity contribution < 1.29 is 19.3 Å². The van der Waals surface area contributed by atoms with Gasteiger partial charge in [0.15, 0.2) is 5.84 Å². The summed E-state index contributed by atoms with van der Waals surface area (Å²) >= 11 is 0. The summed E-state index contributed by atoms with van der Waals surface area (Å²) in [5.41, 5.74) is 6.57. The van der Waals surface area contributed by atoms with Crippen molar-refractivity contribution in [2.24, 2.45) is 10.9 Å². The minimum Gasteiger partial charge on any atom is -0.497 e. The molecule has 8 heteroatoms. The normalized spacial score (nSPS) is 11.0. The lowest BCUT2D eigenvalue weighted by Crippen LogP contribution is -2.16. The second kappa shape index (κ2) is 7.73. The summed E-state index contributed by atoms with van der Waals surface area (Å²) in [7, 11) is 1.55. The maximum Gasteiger partial charge on any atom is 0.339 e. The first kappa shape index (κ1) is 16.9. The number of benzene rings is 2. The highest BCUT2D eigenvalue weighted by Gasteiger charge is 2.10. The van der Waals surface area contributed by atoms with Crippen LogP contribution in [0.3, 0.4) is 0 Å². The number of ether oxygens (including phenoxy) is 1. The van der Waals surface area contributed by atoms with Crippen LogP contribution < -0.4 is 10.5 Å². The number of amidine groups is 1. The van der Waals surface area contributed by atoms with Crippen molar-refractivity contribution in [3.05, 3.63) is 69.8 Å². The van der Waals surface area contributed by atoms with Gasteiger partial charge >= 0.3 is 5.97 Å². The van der Waals surface area contributed by atoms with Gasteiger partial charge in [-0.1, -0.05) is 29.4 Å². The fraction of sp³-hybridized carbons (Fsp3) is 0.125. The Balaban J connectivity index is 1.99. The predicted octanol–water partition coefficient (Wildman–Crippen LogP) is 2.01. The average molecular weight is 329 g/mol. The highest BCUT2D eigenvalue weighted by atomic mass is 16.7. The number of carbonyl (C=O) groups is 1. The van der Waals surface area contributed by atoms with E-state index >= 15 is 0 Å². The highest BCUT2D eigenvalue weighted by Crippen LogP contribution is 2.14. The van der Waals surface area contributed by atoms with Crippen LogP contribution in [-0.2, 0) is 16.1 Å². The van der Waals surface area contributed by atoms with E-state index in [0.717, 1.165) is 5.56 Å². The molecule has 0 fully saturated rings. The van der Waals surface area contributed by atoms with Crippen molar-refractivity contribution >= 4 is 17.5 Å². The van der Waals surface area contributed by atoms with Crippen LogP contribution in [0.1, 0.15) is 11.1 Å². The molecule has 0 bridgehead atoms. The van der Waals surface area contributed by atoms with Crippen LogP contribution in [0, 0.1) is 10.1 Å². The molecule has 0 aromatic heterocycles. The lowest BCUT2D eigenvalue weighted by molar-refractivity contribution is -0.384. The number of nitro groups is 1. The fourth-order valence-corrected chi connectivity index (χ4v) is 1.87. The van der Waals surface area contributed by atoms with Gasteiger partial charge in [-0.25, -0.2) is 4.79 Å². The second-order valence-corrected chi connectivity index (χ2v) is 4.77.